The van der Waals surface area contributed by atoms with E-state index in [1.807, 2.05) is 24.3 Å². The second-order valence-corrected chi connectivity index (χ2v) is 6.85. The van der Waals surface area contributed by atoms with Gasteiger partial charge in [-0.3, -0.25) is 0 Å². The maximum atomic E-state index is 6.21. The maximum absolute atomic E-state index is 6.21. The summed E-state index contributed by atoms with van der Waals surface area (Å²) in [5, 5.41) is 7.58. The van der Waals surface area contributed by atoms with Crippen LogP contribution in [0.15, 0.2) is 29.3 Å². The van der Waals surface area contributed by atoms with Crippen LogP contribution in [0.5, 0.6) is 0 Å². The molecule has 7 heteroatoms. The molecular weight excluding hydrogens is 463 g/mol. The molecule has 1 fully saturated rings. The molecule has 1 aliphatic heterocycles. The lowest BCUT2D eigenvalue weighted by molar-refractivity contribution is 0.121. The molecule has 0 aliphatic carbocycles. The van der Waals surface area contributed by atoms with Crippen LogP contribution in [0.4, 0.5) is 0 Å². The zero-order chi connectivity index (χ0) is 17.9. The number of methoxy groups -OCH3 is 1. The number of aliphatic imine (C=N–C) groups is 1. The first-order valence-corrected chi connectivity index (χ1v) is 9.57. The quantitative estimate of drug-likeness (QED) is 0.330. The molecule has 0 aromatic heterocycles. The van der Waals surface area contributed by atoms with Crippen molar-refractivity contribution in [2.45, 2.75) is 26.3 Å². The molecule has 5 nitrogen and oxygen atoms in total. The number of nitrogens with one attached hydrogen (secondary N) is 2. The van der Waals surface area contributed by atoms with E-state index >= 15 is 0 Å². The normalized spacial score (nSPS) is 16.2. The number of hydrogen-bond donors (Lipinski definition) is 2. The molecular formula is C19H32ClIN4O. The highest BCUT2D eigenvalue weighted by atomic mass is 127. The molecule has 2 rings (SSSR count). The summed E-state index contributed by atoms with van der Waals surface area (Å²) in [5.41, 5.74) is 1.05. The highest BCUT2D eigenvalue weighted by Gasteiger charge is 2.18. The molecule has 26 heavy (non-hydrogen) atoms. The Balaban J connectivity index is 0.00000338. The first-order chi connectivity index (χ1) is 12.2. The van der Waals surface area contributed by atoms with E-state index in [1.165, 1.54) is 12.8 Å². The number of likely N-dealkylation sites (tertiary alicyclic amines) is 1. The molecule has 0 atom stereocenters. The van der Waals surface area contributed by atoms with E-state index < -0.39 is 0 Å². The average molecular weight is 495 g/mol. The van der Waals surface area contributed by atoms with E-state index in [0.29, 0.717) is 12.5 Å². The fraction of sp³-hybridized carbons (Fsp3) is 0.632. The van der Waals surface area contributed by atoms with E-state index in [0.717, 1.165) is 55.9 Å². The number of hydrogen-bond acceptors (Lipinski definition) is 3. The largest absolute Gasteiger partial charge is 0.383 e. The number of halogens is 2. The van der Waals surface area contributed by atoms with E-state index in [4.69, 9.17) is 16.3 Å². The molecule has 1 aromatic rings. The summed E-state index contributed by atoms with van der Waals surface area (Å²) in [7, 11) is 1.76. The number of piperidine rings is 1. The molecule has 0 radical (unpaired) electrons. The lowest BCUT2D eigenvalue weighted by Gasteiger charge is -2.32. The van der Waals surface area contributed by atoms with Crippen LogP contribution in [0.3, 0.4) is 0 Å². The van der Waals surface area contributed by atoms with Crippen LogP contribution in [-0.2, 0) is 11.3 Å². The molecule has 0 unspecified atom stereocenters. The van der Waals surface area contributed by atoms with Crippen LogP contribution in [0.2, 0.25) is 5.02 Å². The number of guanidine groups is 1. The summed E-state index contributed by atoms with van der Waals surface area (Å²) in [6, 6.07) is 7.86. The van der Waals surface area contributed by atoms with Gasteiger partial charge in [0.1, 0.15) is 0 Å². The molecule has 1 heterocycles. The number of ether oxygens (including phenoxy) is 1. The number of nitrogens with zero attached hydrogens (tertiary/aromatic N) is 2. The van der Waals surface area contributed by atoms with Crippen molar-refractivity contribution in [1.29, 1.82) is 0 Å². The molecule has 0 spiro atoms. The smallest absolute Gasteiger partial charge is 0.191 e. The fourth-order valence-electron chi connectivity index (χ4n) is 3.01. The first kappa shape index (κ1) is 23.5. The third-order valence-corrected chi connectivity index (χ3v) is 4.96. The average Bonchev–Trinajstić information content (AvgIpc) is 2.64. The highest BCUT2D eigenvalue weighted by molar-refractivity contribution is 14.0. The van der Waals surface area contributed by atoms with E-state index in [-0.39, 0.29) is 24.0 Å². The van der Waals surface area contributed by atoms with Gasteiger partial charge in [0.15, 0.2) is 5.96 Å². The number of rotatable bonds is 8. The number of benzene rings is 1. The van der Waals surface area contributed by atoms with Gasteiger partial charge in [-0.25, -0.2) is 4.99 Å². The van der Waals surface area contributed by atoms with Crippen molar-refractivity contribution in [1.82, 2.24) is 15.5 Å². The van der Waals surface area contributed by atoms with Gasteiger partial charge in [-0.05, 0) is 50.4 Å². The topological polar surface area (TPSA) is 48.9 Å². The van der Waals surface area contributed by atoms with Gasteiger partial charge >= 0.3 is 0 Å². The van der Waals surface area contributed by atoms with Crippen molar-refractivity contribution in [2.24, 2.45) is 10.9 Å². The second-order valence-electron chi connectivity index (χ2n) is 6.45. The van der Waals surface area contributed by atoms with Gasteiger partial charge in [0, 0.05) is 31.8 Å². The second kappa shape index (κ2) is 13.6. The first-order valence-electron chi connectivity index (χ1n) is 9.19. The van der Waals surface area contributed by atoms with Crippen LogP contribution in [0.1, 0.15) is 25.3 Å². The monoisotopic (exact) mass is 494 g/mol. The molecule has 1 saturated heterocycles. The Morgan fingerprint density at radius 2 is 2.00 bits per heavy atom. The summed E-state index contributed by atoms with van der Waals surface area (Å²) in [4.78, 5) is 7.15. The predicted molar refractivity (Wildman–Crippen MR) is 121 cm³/mol. The van der Waals surface area contributed by atoms with Crippen LogP contribution >= 0.6 is 35.6 Å². The Bertz CT molecular complexity index is 536. The van der Waals surface area contributed by atoms with Gasteiger partial charge in [0.25, 0.3) is 0 Å². The molecule has 1 aromatic carbocycles. The minimum absolute atomic E-state index is 0. The van der Waals surface area contributed by atoms with Crippen molar-refractivity contribution in [3.8, 4) is 0 Å². The Morgan fingerprint density at radius 3 is 2.65 bits per heavy atom. The van der Waals surface area contributed by atoms with Gasteiger partial charge in [0.05, 0.1) is 13.2 Å². The van der Waals surface area contributed by atoms with E-state index in [9.17, 15) is 0 Å². The van der Waals surface area contributed by atoms with Crippen molar-refractivity contribution in [3.63, 3.8) is 0 Å². The summed E-state index contributed by atoms with van der Waals surface area (Å²) in [6.07, 6.45) is 2.45. The maximum Gasteiger partial charge on any atom is 0.191 e. The SMILES string of the molecule is CCNC(=NCc1ccccc1Cl)NCC1CCN(CCOC)CC1.I. The fourth-order valence-corrected chi connectivity index (χ4v) is 3.20. The summed E-state index contributed by atoms with van der Waals surface area (Å²) in [6.45, 7) is 8.66. The van der Waals surface area contributed by atoms with Crippen LogP contribution in [0.25, 0.3) is 0 Å². The lowest BCUT2D eigenvalue weighted by Crippen LogP contribution is -2.43. The van der Waals surface area contributed by atoms with Crippen molar-refractivity contribution < 1.29 is 4.74 Å². The van der Waals surface area contributed by atoms with Crippen molar-refractivity contribution in [2.75, 3.05) is 46.4 Å². The van der Waals surface area contributed by atoms with Gasteiger partial charge in [-0.15, -0.1) is 24.0 Å². The van der Waals surface area contributed by atoms with Crippen LogP contribution < -0.4 is 10.6 Å². The summed E-state index contributed by atoms with van der Waals surface area (Å²) < 4.78 is 5.16. The zero-order valence-electron chi connectivity index (χ0n) is 15.8. The lowest BCUT2D eigenvalue weighted by atomic mass is 9.97. The Morgan fingerprint density at radius 1 is 1.27 bits per heavy atom. The summed E-state index contributed by atoms with van der Waals surface area (Å²) in [5.74, 6) is 1.56. The Labute approximate surface area is 179 Å². The molecule has 148 valence electrons. The molecule has 2 N–H and O–H groups in total. The highest BCUT2D eigenvalue weighted by Crippen LogP contribution is 2.17. The minimum atomic E-state index is 0. The molecule has 0 saturated carbocycles. The standard InChI is InChI=1S/C19H31ClN4O.HI/c1-3-21-19(23-15-17-6-4-5-7-18(17)20)22-14-16-8-10-24(11-9-16)12-13-25-2;/h4-7,16H,3,8-15H2,1-2H3,(H2,21,22,23);1H. The zero-order valence-corrected chi connectivity index (χ0v) is 18.9. The molecule has 0 amide bonds. The minimum Gasteiger partial charge on any atom is -0.383 e. The van der Waals surface area contributed by atoms with Crippen LogP contribution in [-0.4, -0.2) is 57.3 Å². The molecule has 0 bridgehead atoms. The van der Waals surface area contributed by atoms with Crippen LogP contribution in [0, 0.1) is 5.92 Å². The molecule has 1 aliphatic rings. The van der Waals surface area contributed by atoms with E-state index in [1.54, 1.807) is 7.11 Å². The predicted octanol–water partition coefficient (Wildman–Crippen LogP) is 3.37. The van der Waals surface area contributed by atoms with Crippen molar-refractivity contribution in [3.05, 3.63) is 34.9 Å². The van der Waals surface area contributed by atoms with Gasteiger partial charge in [-0.2, -0.15) is 0 Å². The third kappa shape index (κ3) is 8.41. The summed E-state index contributed by atoms with van der Waals surface area (Å²) >= 11 is 6.21. The Kier molecular flexibility index (Phi) is 12.3. The van der Waals surface area contributed by atoms with E-state index in [2.05, 4.69) is 27.4 Å². The van der Waals surface area contributed by atoms with Gasteiger partial charge in [0.2, 0.25) is 0 Å². The van der Waals surface area contributed by atoms with Gasteiger partial charge in [-0.1, -0.05) is 29.8 Å². The Hall–Kier alpha value is -0.570. The third-order valence-electron chi connectivity index (χ3n) is 4.59. The van der Waals surface area contributed by atoms with Crippen molar-refractivity contribution >= 4 is 41.5 Å². The van der Waals surface area contributed by atoms with Gasteiger partial charge < -0.3 is 20.3 Å².